The van der Waals surface area contributed by atoms with Crippen LogP contribution >= 0.6 is 15.9 Å². The maximum atomic E-state index is 10.9. The molecular formula is C10H7BrN4O2. The predicted molar refractivity (Wildman–Crippen MR) is 62.5 cm³/mol. The molecule has 2 aromatic rings. The van der Waals surface area contributed by atoms with E-state index in [1.54, 1.807) is 12.4 Å². The molecule has 0 saturated carbocycles. The van der Waals surface area contributed by atoms with E-state index in [0.717, 1.165) is 5.56 Å². The van der Waals surface area contributed by atoms with E-state index in [9.17, 15) is 4.79 Å². The lowest BCUT2D eigenvalue weighted by atomic mass is 10.3. The summed E-state index contributed by atoms with van der Waals surface area (Å²) in [5, 5.41) is 8.92. The number of aromatic carboxylic acids is 1. The van der Waals surface area contributed by atoms with Gasteiger partial charge in [-0.05, 0) is 28.4 Å². The van der Waals surface area contributed by atoms with Crippen LogP contribution in [0.5, 0.6) is 0 Å². The molecule has 1 N–H and O–H groups in total. The quantitative estimate of drug-likeness (QED) is 0.907. The van der Waals surface area contributed by atoms with E-state index in [0.29, 0.717) is 10.3 Å². The zero-order valence-corrected chi connectivity index (χ0v) is 10.3. The second kappa shape index (κ2) is 4.54. The number of aryl methyl sites for hydroxylation is 1. The molecule has 6 nitrogen and oxygen atoms in total. The summed E-state index contributed by atoms with van der Waals surface area (Å²) in [5.41, 5.74) is 0.795. The van der Waals surface area contributed by atoms with Gasteiger partial charge in [0.1, 0.15) is 0 Å². The summed E-state index contributed by atoms with van der Waals surface area (Å²) in [6.07, 6.45) is 4.61. The number of carboxylic acids is 1. The molecule has 2 aromatic heterocycles. The van der Waals surface area contributed by atoms with Gasteiger partial charge in [-0.25, -0.2) is 24.7 Å². The van der Waals surface area contributed by atoms with Gasteiger partial charge in [-0.1, -0.05) is 0 Å². The molecule has 2 heterocycles. The number of carboxylic acid groups (broad SMARTS) is 1. The highest BCUT2D eigenvalue weighted by Crippen LogP contribution is 2.16. The lowest BCUT2D eigenvalue weighted by Crippen LogP contribution is -2.05. The van der Waals surface area contributed by atoms with E-state index < -0.39 is 5.97 Å². The van der Waals surface area contributed by atoms with Crippen molar-refractivity contribution in [3.05, 3.63) is 34.3 Å². The van der Waals surface area contributed by atoms with Gasteiger partial charge in [0.05, 0.1) is 4.47 Å². The fourth-order valence-corrected chi connectivity index (χ4v) is 1.49. The minimum atomic E-state index is -1.13. The minimum absolute atomic E-state index is 0.112. The van der Waals surface area contributed by atoms with Crippen molar-refractivity contribution in [1.29, 1.82) is 0 Å². The van der Waals surface area contributed by atoms with E-state index in [2.05, 4.69) is 35.9 Å². The Kier molecular flexibility index (Phi) is 3.10. The van der Waals surface area contributed by atoms with Gasteiger partial charge in [0.15, 0.2) is 17.3 Å². The molecular weight excluding hydrogens is 288 g/mol. The van der Waals surface area contributed by atoms with Gasteiger partial charge >= 0.3 is 5.97 Å². The lowest BCUT2D eigenvalue weighted by Gasteiger charge is -2.01. The maximum Gasteiger partial charge on any atom is 0.355 e. The molecule has 0 aromatic carbocycles. The highest BCUT2D eigenvalue weighted by atomic mass is 79.9. The van der Waals surface area contributed by atoms with Crippen LogP contribution in [-0.4, -0.2) is 31.0 Å². The van der Waals surface area contributed by atoms with Crippen LogP contribution in [0.2, 0.25) is 0 Å². The van der Waals surface area contributed by atoms with Crippen molar-refractivity contribution in [2.24, 2.45) is 0 Å². The molecule has 0 atom stereocenters. The van der Waals surface area contributed by atoms with Crippen molar-refractivity contribution in [2.45, 2.75) is 6.92 Å². The maximum absolute atomic E-state index is 10.9. The fourth-order valence-electron chi connectivity index (χ4n) is 1.13. The normalized spacial score (nSPS) is 10.2. The zero-order chi connectivity index (χ0) is 12.4. The van der Waals surface area contributed by atoms with Crippen LogP contribution in [0.25, 0.3) is 11.6 Å². The summed E-state index contributed by atoms with van der Waals surface area (Å²) in [6, 6.07) is 0. The van der Waals surface area contributed by atoms with Crippen molar-refractivity contribution in [3.63, 3.8) is 0 Å². The highest BCUT2D eigenvalue weighted by Gasteiger charge is 2.14. The van der Waals surface area contributed by atoms with Crippen molar-refractivity contribution >= 4 is 21.9 Å². The molecule has 0 aliphatic rings. The Labute approximate surface area is 105 Å². The van der Waals surface area contributed by atoms with Crippen LogP contribution < -0.4 is 0 Å². The van der Waals surface area contributed by atoms with Crippen LogP contribution in [0.4, 0.5) is 0 Å². The molecule has 86 valence electrons. The van der Waals surface area contributed by atoms with Gasteiger partial charge in [0.25, 0.3) is 0 Å². The first kappa shape index (κ1) is 11.6. The lowest BCUT2D eigenvalue weighted by molar-refractivity contribution is 0.0689. The van der Waals surface area contributed by atoms with Crippen LogP contribution in [0.1, 0.15) is 16.1 Å². The van der Waals surface area contributed by atoms with Gasteiger partial charge in [0, 0.05) is 18.6 Å². The number of rotatable bonds is 2. The first-order valence-corrected chi connectivity index (χ1v) is 5.42. The monoisotopic (exact) mass is 294 g/mol. The summed E-state index contributed by atoms with van der Waals surface area (Å²) in [6.45, 7) is 1.86. The average Bonchev–Trinajstić information content (AvgIpc) is 2.30. The van der Waals surface area contributed by atoms with Crippen LogP contribution in [0.15, 0.2) is 23.1 Å². The Morgan fingerprint density at radius 3 is 2.35 bits per heavy atom. The van der Waals surface area contributed by atoms with E-state index in [-0.39, 0.29) is 11.5 Å². The number of nitrogens with zero attached hydrogens (tertiary/aromatic N) is 4. The van der Waals surface area contributed by atoms with Gasteiger partial charge < -0.3 is 5.11 Å². The molecule has 0 amide bonds. The molecule has 0 spiro atoms. The molecule has 0 aliphatic carbocycles. The summed E-state index contributed by atoms with van der Waals surface area (Å²) in [7, 11) is 0. The second-order valence-corrected chi connectivity index (χ2v) is 4.13. The van der Waals surface area contributed by atoms with Crippen LogP contribution in [0, 0.1) is 6.92 Å². The Morgan fingerprint density at radius 2 is 1.76 bits per heavy atom. The van der Waals surface area contributed by atoms with Gasteiger partial charge in [0.2, 0.25) is 0 Å². The Hall–Kier alpha value is -1.89. The summed E-state index contributed by atoms with van der Waals surface area (Å²) in [4.78, 5) is 26.8. The highest BCUT2D eigenvalue weighted by molar-refractivity contribution is 9.10. The minimum Gasteiger partial charge on any atom is -0.476 e. The first-order valence-electron chi connectivity index (χ1n) is 4.63. The third-order valence-electron chi connectivity index (χ3n) is 1.93. The fraction of sp³-hybridized carbons (Fsp3) is 0.100. The summed E-state index contributed by atoms with van der Waals surface area (Å²) in [5.74, 6) is -0.649. The molecule has 0 aliphatic heterocycles. The van der Waals surface area contributed by atoms with Crippen molar-refractivity contribution in [2.75, 3.05) is 0 Å². The average molecular weight is 295 g/mol. The Morgan fingerprint density at radius 1 is 1.18 bits per heavy atom. The van der Waals surface area contributed by atoms with Gasteiger partial charge in [-0.3, -0.25) is 0 Å². The third kappa shape index (κ3) is 2.44. The van der Waals surface area contributed by atoms with Crippen LogP contribution in [-0.2, 0) is 0 Å². The molecule has 17 heavy (non-hydrogen) atoms. The summed E-state index contributed by atoms with van der Waals surface area (Å²) >= 11 is 3.07. The van der Waals surface area contributed by atoms with E-state index in [1.807, 2.05) is 6.92 Å². The zero-order valence-electron chi connectivity index (χ0n) is 8.75. The first-order chi connectivity index (χ1) is 8.08. The molecule has 0 saturated heterocycles. The number of hydrogen-bond donors (Lipinski definition) is 1. The van der Waals surface area contributed by atoms with Crippen molar-refractivity contribution in [1.82, 2.24) is 19.9 Å². The van der Waals surface area contributed by atoms with Crippen molar-refractivity contribution < 1.29 is 9.90 Å². The SMILES string of the molecule is Cc1cnc(-c2ncc(Br)c(C(=O)O)n2)nc1. The smallest absolute Gasteiger partial charge is 0.355 e. The molecule has 7 heteroatoms. The van der Waals surface area contributed by atoms with E-state index >= 15 is 0 Å². The molecule has 2 rings (SSSR count). The van der Waals surface area contributed by atoms with Crippen LogP contribution in [0.3, 0.4) is 0 Å². The van der Waals surface area contributed by atoms with Gasteiger partial charge in [-0.15, -0.1) is 0 Å². The largest absolute Gasteiger partial charge is 0.476 e. The predicted octanol–water partition coefficient (Wildman–Crippen LogP) is 1.70. The Balaban J connectivity index is 2.50. The van der Waals surface area contributed by atoms with Crippen molar-refractivity contribution in [3.8, 4) is 11.6 Å². The summed E-state index contributed by atoms with van der Waals surface area (Å²) < 4.78 is 0.320. The number of hydrogen-bond acceptors (Lipinski definition) is 5. The standard InChI is InChI=1S/C10H7BrN4O2/c1-5-2-12-8(13-3-5)9-14-4-6(11)7(15-9)10(16)17/h2-4H,1H3,(H,16,17). The second-order valence-electron chi connectivity index (χ2n) is 3.28. The number of aromatic nitrogens is 4. The molecule has 0 unspecified atom stereocenters. The molecule has 0 radical (unpaired) electrons. The number of halogens is 1. The Bertz CT molecular complexity index is 571. The number of carbonyl (C=O) groups is 1. The third-order valence-corrected chi connectivity index (χ3v) is 2.51. The molecule has 0 fully saturated rings. The van der Waals surface area contributed by atoms with E-state index in [1.165, 1.54) is 6.20 Å². The topological polar surface area (TPSA) is 88.9 Å². The van der Waals surface area contributed by atoms with Gasteiger partial charge in [-0.2, -0.15) is 0 Å². The molecule has 0 bridgehead atoms. The van der Waals surface area contributed by atoms with E-state index in [4.69, 9.17) is 5.11 Å².